The van der Waals surface area contributed by atoms with Crippen molar-refractivity contribution in [3.05, 3.63) is 52.0 Å². The molecule has 7 heteroatoms. The molecule has 100 valence electrons. The number of halogens is 3. The molecule has 0 unspecified atom stereocenters. The summed E-state index contributed by atoms with van der Waals surface area (Å²) in [5, 5.41) is 2.45. The van der Waals surface area contributed by atoms with Gasteiger partial charge in [-0.2, -0.15) is 0 Å². The average Bonchev–Trinajstić information content (AvgIpc) is 2.73. The minimum Gasteiger partial charge on any atom is -0.346 e. The van der Waals surface area contributed by atoms with E-state index in [4.69, 9.17) is 0 Å². The molecule has 2 aromatic rings. The number of rotatable bonds is 3. The van der Waals surface area contributed by atoms with E-state index in [0.29, 0.717) is 10.2 Å². The predicted octanol–water partition coefficient (Wildman–Crippen LogP) is 2.39. The number of hydrogen-bond donors (Lipinski definition) is 1. The number of hydrogen-bond acceptors (Lipinski definition) is 2. The number of aryl methyl sites for hydroxylation is 1. The van der Waals surface area contributed by atoms with Crippen LogP contribution >= 0.6 is 15.9 Å². The Morgan fingerprint density at radius 2 is 2.05 bits per heavy atom. The van der Waals surface area contributed by atoms with Gasteiger partial charge in [0.1, 0.15) is 17.3 Å². The van der Waals surface area contributed by atoms with Crippen LogP contribution in [0.4, 0.5) is 8.78 Å². The topological polar surface area (TPSA) is 46.9 Å². The summed E-state index contributed by atoms with van der Waals surface area (Å²) in [5.41, 5.74) is 0.136. The lowest BCUT2D eigenvalue weighted by Gasteiger charge is -2.08. The highest BCUT2D eigenvalue weighted by molar-refractivity contribution is 9.10. The number of nitrogens with zero attached hydrogens (tertiary/aromatic N) is 2. The van der Waals surface area contributed by atoms with Crippen LogP contribution in [0, 0.1) is 11.6 Å². The van der Waals surface area contributed by atoms with Crippen LogP contribution in [-0.4, -0.2) is 15.5 Å². The molecule has 0 aliphatic rings. The van der Waals surface area contributed by atoms with Crippen molar-refractivity contribution in [2.45, 2.75) is 6.54 Å². The van der Waals surface area contributed by atoms with Crippen molar-refractivity contribution in [1.29, 1.82) is 0 Å². The van der Waals surface area contributed by atoms with Crippen LogP contribution in [-0.2, 0) is 13.6 Å². The number of aromatic nitrogens is 2. The van der Waals surface area contributed by atoms with Crippen LogP contribution in [0.3, 0.4) is 0 Å². The van der Waals surface area contributed by atoms with Crippen molar-refractivity contribution in [2.75, 3.05) is 0 Å². The summed E-state index contributed by atoms with van der Waals surface area (Å²) in [6, 6.07) is 2.29. The molecule has 0 radical (unpaired) electrons. The van der Waals surface area contributed by atoms with E-state index >= 15 is 0 Å². The maximum absolute atomic E-state index is 13.5. The van der Waals surface area contributed by atoms with E-state index in [9.17, 15) is 13.6 Å². The zero-order valence-electron chi connectivity index (χ0n) is 9.95. The molecule has 1 aromatic carbocycles. The van der Waals surface area contributed by atoms with Crippen LogP contribution in [0.15, 0.2) is 29.1 Å². The highest BCUT2D eigenvalue weighted by Gasteiger charge is 2.14. The van der Waals surface area contributed by atoms with E-state index in [-0.39, 0.29) is 12.1 Å². The summed E-state index contributed by atoms with van der Waals surface area (Å²) < 4.78 is 28.9. The highest BCUT2D eigenvalue weighted by Crippen LogP contribution is 2.19. The molecule has 0 atom stereocenters. The Balaban J connectivity index is 2.12. The summed E-state index contributed by atoms with van der Waals surface area (Å²) in [6.45, 7) is -0.227. The van der Waals surface area contributed by atoms with Gasteiger partial charge in [0.05, 0.1) is 12.5 Å². The number of carbonyl (C=O) groups excluding carboxylic acids is 1. The molecule has 0 aliphatic carbocycles. The van der Waals surface area contributed by atoms with Crippen molar-refractivity contribution < 1.29 is 13.6 Å². The van der Waals surface area contributed by atoms with Gasteiger partial charge < -0.3 is 9.88 Å². The summed E-state index contributed by atoms with van der Waals surface area (Å²) in [7, 11) is 1.66. The Morgan fingerprint density at radius 1 is 1.42 bits per heavy atom. The van der Waals surface area contributed by atoms with Crippen molar-refractivity contribution in [3.63, 3.8) is 0 Å². The SMILES string of the molecule is Cn1cncc1C(=O)NCc1c(F)cc(Br)cc1F. The summed E-state index contributed by atoms with van der Waals surface area (Å²) in [6.07, 6.45) is 2.85. The fourth-order valence-corrected chi connectivity index (χ4v) is 1.98. The number of amides is 1. The van der Waals surface area contributed by atoms with Gasteiger partial charge in [0.15, 0.2) is 0 Å². The quantitative estimate of drug-likeness (QED) is 0.939. The molecule has 1 heterocycles. The molecule has 0 bridgehead atoms. The Morgan fingerprint density at radius 3 is 2.58 bits per heavy atom. The van der Waals surface area contributed by atoms with E-state index in [2.05, 4.69) is 26.2 Å². The van der Waals surface area contributed by atoms with E-state index < -0.39 is 17.5 Å². The molecule has 0 saturated heterocycles. The molecule has 4 nitrogen and oxygen atoms in total. The van der Waals surface area contributed by atoms with Gasteiger partial charge in [-0.3, -0.25) is 4.79 Å². The van der Waals surface area contributed by atoms with E-state index in [1.807, 2.05) is 0 Å². The second-order valence-electron chi connectivity index (χ2n) is 3.92. The predicted molar refractivity (Wildman–Crippen MR) is 68.4 cm³/mol. The molecule has 0 fully saturated rings. The minimum absolute atomic E-state index is 0.182. The van der Waals surface area contributed by atoms with Crippen LogP contribution in [0.2, 0.25) is 0 Å². The lowest BCUT2D eigenvalue weighted by molar-refractivity contribution is 0.0942. The smallest absolute Gasteiger partial charge is 0.269 e. The van der Waals surface area contributed by atoms with Gasteiger partial charge in [-0.05, 0) is 12.1 Å². The summed E-state index contributed by atoms with van der Waals surface area (Å²) >= 11 is 2.99. The van der Waals surface area contributed by atoms with E-state index in [0.717, 1.165) is 12.1 Å². The maximum atomic E-state index is 13.5. The second kappa shape index (κ2) is 5.48. The monoisotopic (exact) mass is 329 g/mol. The first-order valence-corrected chi connectivity index (χ1v) is 6.16. The first-order chi connectivity index (χ1) is 8.99. The summed E-state index contributed by atoms with van der Waals surface area (Å²) in [5.74, 6) is -1.86. The highest BCUT2D eigenvalue weighted by atomic mass is 79.9. The van der Waals surface area contributed by atoms with E-state index in [1.54, 1.807) is 7.05 Å². The third kappa shape index (κ3) is 2.98. The number of carbonyl (C=O) groups is 1. The largest absolute Gasteiger partial charge is 0.346 e. The number of imidazole rings is 1. The molecule has 2 rings (SSSR count). The van der Waals surface area contributed by atoms with Crippen LogP contribution < -0.4 is 5.32 Å². The summed E-state index contributed by atoms with van der Waals surface area (Å²) in [4.78, 5) is 15.6. The molecule has 1 amide bonds. The molecule has 19 heavy (non-hydrogen) atoms. The van der Waals surface area contributed by atoms with Gasteiger partial charge in [-0.15, -0.1) is 0 Å². The molecular formula is C12H10BrF2N3O. The fraction of sp³-hybridized carbons (Fsp3) is 0.167. The zero-order valence-corrected chi connectivity index (χ0v) is 11.5. The lowest BCUT2D eigenvalue weighted by Crippen LogP contribution is -2.25. The molecule has 1 aromatic heterocycles. The fourth-order valence-electron chi connectivity index (χ4n) is 1.58. The van der Waals surface area contributed by atoms with E-state index in [1.165, 1.54) is 17.1 Å². The molecule has 1 N–H and O–H groups in total. The molecule has 0 spiro atoms. The molecule has 0 aliphatic heterocycles. The Labute approximate surface area is 116 Å². The zero-order chi connectivity index (χ0) is 14.0. The van der Waals surface area contributed by atoms with Gasteiger partial charge in [0, 0.05) is 23.6 Å². The number of nitrogens with one attached hydrogen (secondary N) is 1. The van der Waals surface area contributed by atoms with Gasteiger partial charge >= 0.3 is 0 Å². The van der Waals surface area contributed by atoms with Crippen molar-refractivity contribution in [1.82, 2.24) is 14.9 Å². The Bertz CT molecular complexity index is 604. The molecule has 0 saturated carbocycles. The third-order valence-corrected chi connectivity index (χ3v) is 3.04. The lowest BCUT2D eigenvalue weighted by atomic mass is 10.2. The maximum Gasteiger partial charge on any atom is 0.269 e. The number of benzene rings is 1. The van der Waals surface area contributed by atoms with Crippen LogP contribution in [0.25, 0.3) is 0 Å². The van der Waals surface area contributed by atoms with Crippen molar-refractivity contribution >= 4 is 21.8 Å². The third-order valence-electron chi connectivity index (χ3n) is 2.58. The normalized spacial score (nSPS) is 10.5. The average molecular weight is 330 g/mol. The Kier molecular flexibility index (Phi) is 3.94. The van der Waals surface area contributed by atoms with Gasteiger partial charge in [-0.1, -0.05) is 15.9 Å². The van der Waals surface area contributed by atoms with Gasteiger partial charge in [0.2, 0.25) is 0 Å². The van der Waals surface area contributed by atoms with Crippen LogP contribution in [0.5, 0.6) is 0 Å². The first kappa shape index (κ1) is 13.7. The van der Waals surface area contributed by atoms with Crippen molar-refractivity contribution in [2.24, 2.45) is 7.05 Å². The van der Waals surface area contributed by atoms with Crippen molar-refractivity contribution in [3.8, 4) is 0 Å². The Hall–Kier alpha value is -1.76. The first-order valence-electron chi connectivity index (χ1n) is 5.37. The second-order valence-corrected chi connectivity index (χ2v) is 4.84. The molecular weight excluding hydrogens is 320 g/mol. The van der Waals surface area contributed by atoms with Crippen LogP contribution in [0.1, 0.15) is 16.1 Å². The van der Waals surface area contributed by atoms with Gasteiger partial charge in [0.25, 0.3) is 5.91 Å². The standard InChI is InChI=1S/C12H10BrF2N3O/c1-18-6-16-5-11(18)12(19)17-4-8-9(14)2-7(13)3-10(8)15/h2-3,5-6H,4H2,1H3,(H,17,19). The minimum atomic E-state index is -0.711. The van der Waals surface area contributed by atoms with Gasteiger partial charge in [-0.25, -0.2) is 13.8 Å².